The van der Waals surface area contributed by atoms with Gasteiger partial charge in [0.1, 0.15) is 5.75 Å². The largest absolute Gasteiger partial charge is 0.497 e. The lowest BCUT2D eigenvalue weighted by atomic mass is 10.1. The van der Waals surface area contributed by atoms with E-state index >= 15 is 0 Å². The van der Waals surface area contributed by atoms with Gasteiger partial charge in [-0.3, -0.25) is 4.79 Å². The van der Waals surface area contributed by atoms with Gasteiger partial charge in [0.15, 0.2) is 0 Å². The maximum absolute atomic E-state index is 12.3. The molecule has 0 bridgehead atoms. The molecule has 19 heavy (non-hydrogen) atoms. The summed E-state index contributed by atoms with van der Waals surface area (Å²) < 4.78 is 5.14. The van der Waals surface area contributed by atoms with Crippen LogP contribution in [0.25, 0.3) is 0 Å². The molecule has 0 saturated carbocycles. The van der Waals surface area contributed by atoms with E-state index in [9.17, 15) is 4.79 Å². The summed E-state index contributed by atoms with van der Waals surface area (Å²) in [5.41, 5.74) is 1.09. The monoisotopic (exact) mass is 275 g/mol. The van der Waals surface area contributed by atoms with E-state index in [4.69, 9.17) is 4.74 Å². The highest BCUT2D eigenvalue weighted by Gasteiger charge is 2.19. The van der Waals surface area contributed by atoms with E-state index in [1.165, 1.54) is 11.3 Å². The van der Waals surface area contributed by atoms with Gasteiger partial charge in [0.05, 0.1) is 18.0 Å². The third-order valence-electron chi connectivity index (χ3n) is 3.23. The number of thiophene rings is 1. The van der Waals surface area contributed by atoms with E-state index < -0.39 is 0 Å². The van der Waals surface area contributed by atoms with E-state index in [1.54, 1.807) is 12.0 Å². The number of methoxy groups -OCH3 is 1. The molecule has 3 nitrogen and oxygen atoms in total. The Hall–Kier alpha value is -1.81. The Morgan fingerprint density at radius 2 is 1.95 bits per heavy atom. The van der Waals surface area contributed by atoms with Crippen LogP contribution in [0.4, 0.5) is 0 Å². The highest BCUT2D eigenvalue weighted by molar-refractivity contribution is 7.12. The Morgan fingerprint density at radius 1 is 1.26 bits per heavy atom. The Morgan fingerprint density at radius 3 is 2.47 bits per heavy atom. The maximum Gasteiger partial charge on any atom is 0.264 e. The van der Waals surface area contributed by atoms with Crippen molar-refractivity contribution in [2.24, 2.45) is 0 Å². The minimum Gasteiger partial charge on any atom is -0.497 e. The normalized spacial score (nSPS) is 11.9. The Bertz CT molecular complexity index is 534. The van der Waals surface area contributed by atoms with Crippen molar-refractivity contribution in [2.45, 2.75) is 13.0 Å². The molecular weight excluding hydrogens is 258 g/mol. The van der Waals surface area contributed by atoms with Gasteiger partial charge in [-0.15, -0.1) is 11.3 Å². The summed E-state index contributed by atoms with van der Waals surface area (Å²) in [6.07, 6.45) is 0. The fourth-order valence-electron chi connectivity index (χ4n) is 1.86. The van der Waals surface area contributed by atoms with Crippen LogP contribution in [0.3, 0.4) is 0 Å². The van der Waals surface area contributed by atoms with Crippen LogP contribution in [-0.4, -0.2) is 25.0 Å². The molecule has 1 aromatic carbocycles. The van der Waals surface area contributed by atoms with Crippen molar-refractivity contribution in [3.8, 4) is 5.75 Å². The Labute approximate surface area is 117 Å². The van der Waals surface area contributed by atoms with Gasteiger partial charge in [0.2, 0.25) is 0 Å². The molecule has 0 radical (unpaired) electrons. The van der Waals surface area contributed by atoms with Crippen molar-refractivity contribution < 1.29 is 9.53 Å². The minimum atomic E-state index is 0.0282. The van der Waals surface area contributed by atoms with Crippen molar-refractivity contribution in [3.63, 3.8) is 0 Å². The maximum atomic E-state index is 12.3. The van der Waals surface area contributed by atoms with Gasteiger partial charge in [-0.2, -0.15) is 0 Å². The van der Waals surface area contributed by atoms with Crippen molar-refractivity contribution in [1.82, 2.24) is 4.90 Å². The number of hydrogen-bond donors (Lipinski definition) is 0. The minimum absolute atomic E-state index is 0.0282. The van der Waals surface area contributed by atoms with Crippen LogP contribution < -0.4 is 4.74 Å². The van der Waals surface area contributed by atoms with Gasteiger partial charge in [0, 0.05) is 7.05 Å². The summed E-state index contributed by atoms with van der Waals surface area (Å²) in [5.74, 6) is 0.876. The number of hydrogen-bond acceptors (Lipinski definition) is 3. The first-order valence-corrected chi connectivity index (χ1v) is 6.96. The molecule has 100 valence electrons. The molecule has 4 heteroatoms. The first-order valence-electron chi connectivity index (χ1n) is 6.08. The van der Waals surface area contributed by atoms with Crippen LogP contribution in [-0.2, 0) is 0 Å². The van der Waals surface area contributed by atoms with E-state index in [1.807, 2.05) is 55.7 Å². The lowest BCUT2D eigenvalue weighted by Crippen LogP contribution is -2.29. The average molecular weight is 275 g/mol. The molecule has 1 amide bonds. The molecule has 0 aliphatic carbocycles. The molecule has 2 rings (SSSR count). The van der Waals surface area contributed by atoms with Gasteiger partial charge in [0.25, 0.3) is 5.91 Å². The molecule has 0 aliphatic heterocycles. The zero-order valence-electron chi connectivity index (χ0n) is 11.3. The summed E-state index contributed by atoms with van der Waals surface area (Å²) in [7, 11) is 3.47. The average Bonchev–Trinajstić information content (AvgIpc) is 2.99. The number of nitrogens with zero attached hydrogens (tertiary/aromatic N) is 1. The lowest BCUT2D eigenvalue weighted by Gasteiger charge is -2.25. The van der Waals surface area contributed by atoms with Crippen molar-refractivity contribution in [2.75, 3.05) is 14.2 Å². The number of carbonyl (C=O) groups is 1. The predicted molar refractivity (Wildman–Crippen MR) is 77.8 cm³/mol. The van der Waals surface area contributed by atoms with Gasteiger partial charge >= 0.3 is 0 Å². The molecule has 1 unspecified atom stereocenters. The second-order valence-corrected chi connectivity index (χ2v) is 5.29. The van der Waals surface area contributed by atoms with E-state index in [0.717, 1.165) is 16.2 Å². The van der Waals surface area contributed by atoms with Crippen LogP contribution in [0, 0.1) is 0 Å². The van der Waals surface area contributed by atoms with Gasteiger partial charge < -0.3 is 9.64 Å². The molecule has 1 atom stereocenters. The Kier molecular flexibility index (Phi) is 4.22. The van der Waals surface area contributed by atoms with Crippen LogP contribution in [0.5, 0.6) is 5.75 Å². The highest BCUT2D eigenvalue weighted by atomic mass is 32.1. The fourth-order valence-corrected chi connectivity index (χ4v) is 2.56. The van der Waals surface area contributed by atoms with Crippen LogP contribution in [0.2, 0.25) is 0 Å². The first kappa shape index (κ1) is 13.6. The second-order valence-electron chi connectivity index (χ2n) is 4.34. The zero-order valence-corrected chi connectivity index (χ0v) is 12.1. The zero-order chi connectivity index (χ0) is 13.8. The standard InChI is InChI=1S/C15H17NO2S/c1-11(12-6-8-13(18-3)9-7-12)16(2)15(17)14-5-4-10-19-14/h4-11H,1-3H3. The summed E-state index contributed by atoms with van der Waals surface area (Å²) in [4.78, 5) is 14.8. The van der Waals surface area contributed by atoms with Crippen molar-refractivity contribution in [1.29, 1.82) is 0 Å². The highest BCUT2D eigenvalue weighted by Crippen LogP contribution is 2.24. The fraction of sp³-hybridized carbons (Fsp3) is 0.267. The number of ether oxygens (including phenoxy) is 1. The lowest BCUT2D eigenvalue weighted by molar-refractivity contribution is 0.0747. The predicted octanol–water partition coefficient (Wildman–Crippen LogP) is 3.59. The summed E-state index contributed by atoms with van der Waals surface area (Å²) in [6.45, 7) is 2.02. The van der Waals surface area contributed by atoms with Crippen LogP contribution in [0.15, 0.2) is 41.8 Å². The number of carbonyl (C=O) groups excluding carboxylic acids is 1. The molecule has 1 aromatic heterocycles. The van der Waals surface area contributed by atoms with Crippen LogP contribution in [0.1, 0.15) is 28.2 Å². The molecular formula is C15H17NO2S. The molecule has 0 saturated heterocycles. The number of benzene rings is 1. The van der Waals surface area contributed by atoms with Crippen LogP contribution >= 0.6 is 11.3 Å². The number of amides is 1. The summed E-state index contributed by atoms with van der Waals surface area (Å²) in [5, 5.41) is 1.92. The molecule has 0 N–H and O–H groups in total. The number of rotatable bonds is 4. The smallest absolute Gasteiger partial charge is 0.264 e. The molecule has 0 fully saturated rings. The molecule has 2 aromatic rings. The van der Waals surface area contributed by atoms with E-state index in [2.05, 4.69) is 0 Å². The third-order valence-corrected chi connectivity index (χ3v) is 4.09. The molecule has 0 aliphatic rings. The van der Waals surface area contributed by atoms with E-state index in [-0.39, 0.29) is 11.9 Å². The van der Waals surface area contributed by atoms with Gasteiger partial charge in [-0.1, -0.05) is 18.2 Å². The quantitative estimate of drug-likeness (QED) is 0.853. The SMILES string of the molecule is COc1ccc(C(C)N(C)C(=O)c2cccs2)cc1. The van der Waals surface area contributed by atoms with E-state index in [0.29, 0.717) is 0 Å². The van der Waals surface area contributed by atoms with Gasteiger partial charge in [-0.05, 0) is 36.1 Å². The first-order chi connectivity index (χ1) is 9.13. The summed E-state index contributed by atoms with van der Waals surface area (Å²) in [6, 6.07) is 11.6. The molecule has 1 heterocycles. The van der Waals surface area contributed by atoms with Gasteiger partial charge in [-0.25, -0.2) is 0 Å². The third kappa shape index (κ3) is 2.96. The van der Waals surface area contributed by atoms with Crippen molar-refractivity contribution >= 4 is 17.2 Å². The van der Waals surface area contributed by atoms with Crippen molar-refractivity contribution in [3.05, 3.63) is 52.2 Å². The second kappa shape index (κ2) is 5.89. The topological polar surface area (TPSA) is 29.5 Å². The summed E-state index contributed by atoms with van der Waals surface area (Å²) >= 11 is 1.47. The molecule has 0 spiro atoms. The Balaban J connectivity index is 2.13.